The molecule has 1 amide bonds. The standard InChI is InChI=1S/C15H16F3N3O2/c1-8-5-21(6-10(8)14(19)22)7-13-20-11-4-9(15(16,17)18)2-3-12(11)23-13/h2-4,8,10H,5-7H2,1H3,(H2,19,22)/t8-,10-/m1/s1. The second kappa shape index (κ2) is 5.52. The Morgan fingerprint density at radius 2 is 2.17 bits per heavy atom. The molecule has 0 bridgehead atoms. The minimum absolute atomic E-state index is 0.133. The zero-order valence-corrected chi connectivity index (χ0v) is 12.4. The van der Waals surface area contributed by atoms with Crippen molar-refractivity contribution in [1.82, 2.24) is 9.88 Å². The van der Waals surface area contributed by atoms with E-state index in [9.17, 15) is 18.0 Å². The second-order valence-electron chi connectivity index (χ2n) is 5.97. The van der Waals surface area contributed by atoms with Crippen molar-refractivity contribution in [3.05, 3.63) is 29.7 Å². The molecule has 8 heteroatoms. The molecule has 1 aliphatic heterocycles. The van der Waals surface area contributed by atoms with Crippen LogP contribution in [0.4, 0.5) is 13.2 Å². The van der Waals surface area contributed by atoms with Crippen LogP contribution in [0, 0.1) is 11.8 Å². The maximum atomic E-state index is 12.7. The number of fused-ring (bicyclic) bond motifs is 1. The summed E-state index contributed by atoms with van der Waals surface area (Å²) in [6.07, 6.45) is -4.41. The van der Waals surface area contributed by atoms with Gasteiger partial charge in [0.15, 0.2) is 5.58 Å². The fourth-order valence-corrected chi connectivity index (χ4v) is 2.98. The third-order valence-corrected chi connectivity index (χ3v) is 4.17. The highest BCUT2D eigenvalue weighted by atomic mass is 19.4. The van der Waals surface area contributed by atoms with Crippen LogP contribution in [0.25, 0.3) is 11.1 Å². The van der Waals surface area contributed by atoms with Gasteiger partial charge in [0.1, 0.15) is 5.52 Å². The van der Waals surface area contributed by atoms with E-state index in [-0.39, 0.29) is 23.3 Å². The van der Waals surface area contributed by atoms with Gasteiger partial charge in [-0.2, -0.15) is 13.2 Å². The first-order chi connectivity index (χ1) is 10.7. The molecule has 1 aromatic heterocycles. The lowest BCUT2D eigenvalue weighted by Crippen LogP contribution is -2.29. The number of oxazole rings is 1. The second-order valence-corrected chi connectivity index (χ2v) is 5.97. The lowest BCUT2D eigenvalue weighted by atomic mass is 9.98. The number of primary amides is 1. The van der Waals surface area contributed by atoms with Crippen molar-refractivity contribution < 1.29 is 22.4 Å². The molecule has 0 unspecified atom stereocenters. The maximum absolute atomic E-state index is 12.7. The van der Waals surface area contributed by atoms with Crippen LogP contribution in [0.2, 0.25) is 0 Å². The fourth-order valence-electron chi connectivity index (χ4n) is 2.98. The van der Waals surface area contributed by atoms with E-state index in [1.807, 2.05) is 11.8 Å². The summed E-state index contributed by atoms with van der Waals surface area (Å²) in [6.45, 7) is 3.45. The van der Waals surface area contributed by atoms with Gasteiger partial charge in [0.2, 0.25) is 11.8 Å². The first-order valence-electron chi connectivity index (χ1n) is 7.22. The van der Waals surface area contributed by atoms with Gasteiger partial charge in [0.05, 0.1) is 18.0 Å². The van der Waals surface area contributed by atoms with Crippen LogP contribution in [-0.4, -0.2) is 28.9 Å². The number of hydrogen-bond donors (Lipinski definition) is 1. The average Bonchev–Trinajstić information content (AvgIpc) is 2.99. The molecule has 3 rings (SSSR count). The van der Waals surface area contributed by atoms with Crippen LogP contribution in [-0.2, 0) is 17.5 Å². The van der Waals surface area contributed by atoms with E-state index in [0.717, 1.165) is 12.1 Å². The van der Waals surface area contributed by atoms with Crippen molar-refractivity contribution in [3.63, 3.8) is 0 Å². The molecule has 2 heterocycles. The van der Waals surface area contributed by atoms with Crippen LogP contribution in [0.15, 0.2) is 22.6 Å². The molecule has 0 saturated carbocycles. The molecular formula is C15H16F3N3O2. The van der Waals surface area contributed by atoms with E-state index < -0.39 is 11.7 Å². The Morgan fingerprint density at radius 3 is 2.78 bits per heavy atom. The van der Waals surface area contributed by atoms with Gasteiger partial charge in [-0.25, -0.2) is 4.98 Å². The zero-order chi connectivity index (χ0) is 16.8. The third-order valence-electron chi connectivity index (χ3n) is 4.17. The molecule has 0 aliphatic carbocycles. The molecule has 1 fully saturated rings. The number of hydrogen-bond acceptors (Lipinski definition) is 4. The Hall–Kier alpha value is -2.09. The normalized spacial score (nSPS) is 22.8. The van der Waals surface area contributed by atoms with Crippen molar-refractivity contribution in [2.24, 2.45) is 17.6 Å². The molecule has 2 atom stereocenters. The molecular weight excluding hydrogens is 311 g/mol. The molecule has 0 spiro atoms. The van der Waals surface area contributed by atoms with Crippen LogP contribution < -0.4 is 5.73 Å². The van der Waals surface area contributed by atoms with Crippen molar-refractivity contribution in [3.8, 4) is 0 Å². The fraction of sp³-hybridized carbons (Fsp3) is 0.467. The highest BCUT2D eigenvalue weighted by Gasteiger charge is 2.34. The van der Waals surface area contributed by atoms with Crippen LogP contribution in [0.1, 0.15) is 18.4 Å². The molecule has 0 radical (unpaired) electrons. The van der Waals surface area contributed by atoms with E-state index in [4.69, 9.17) is 10.2 Å². The molecule has 1 aliphatic rings. The highest BCUT2D eigenvalue weighted by molar-refractivity contribution is 5.77. The van der Waals surface area contributed by atoms with E-state index in [0.29, 0.717) is 31.1 Å². The number of aromatic nitrogens is 1. The Bertz CT molecular complexity index is 741. The van der Waals surface area contributed by atoms with Gasteiger partial charge in [0, 0.05) is 13.1 Å². The highest BCUT2D eigenvalue weighted by Crippen LogP contribution is 2.32. The number of carbonyl (C=O) groups excluding carboxylic acids is 1. The SMILES string of the molecule is C[C@@H]1CN(Cc2nc3cc(C(F)(F)F)ccc3o2)C[C@H]1C(N)=O. The van der Waals surface area contributed by atoms with Gasteiger partial charge in [0.25, 0.3) is 0 Å². The Kier molecular flexibility index (Phi) is 3.79. The molecule has 124 valence electrons. The summed E-state index contributed by atoms with van der Waals surface area (Å²) in [5.41, 5.74) is 5.08. The van der Waals surface area contributed by atoms with Gasteiger partial charge in [-0.3, -0.25) is 9.69 Å². The molecule has 2 aromatic rings. The summed E-state index contributed by atoms with van der Waals surface area (Å²) in [5.74, 6) is -0.103. The summed E-state index contributed by atoms with van der Waals surface area (Å²) >= 11 is 0. The van der Waals surface area contributed by atoms with E-state index in [2.05, 4.69) is 4.98 Å². The predicted octanol–water partition coefficient (Wildman–Crippen LogP) is 2.40. The number of benzene rings is 1. The Balaban J connectivity index is 1.78. The quantitative estimate of drug-likeness (QED) is 0.939. The number of rotatable bonds is 3. The number of nitrogens with two attached hydrogens (primary N) is 1. The van der Waals surface area contributed by atoms with Crippen LogP contribution >= 0.6 is 0 Å². The minimum atomic E-state index is -4.41. The largest absolute Gasteiger partial charge is 0.439 e. The lowest BCUT2D eigenvalue weighted by molar-refractivity contribution is -0.137. The number of nitrogens with zero attached hydrogens (tertiary/aromatic N) is 2. The number of alkyl halides is 3. The van der Waals surface area contributed by atoms with Crippen molar-refractivity contribution in [2.75, 3.05) is 13.1 Å². The first-order valence-corrected chi connectivity index (χ1v) is 7.22. The smallest absolute Gasteiger partial charge is 0.416 e. The summed E-state index contributed by atoms with van der Waals surface area (Å²) in [5, 5.41) is 0. The topological polar surface area (TPSA) is 72.4 Å². The first kappa shape index (κ1) is 15.8. The number of likely N-dealkylation sites (tertiary alicyclic amines) is 1. The van der Waals surface area contributed by atoms with Crippen molar-refractivity contribution in [2.45, 2.75) is 19.6 Å². The van der Waals surface area contributed by atoms with Crippen molar-refractivity contribution >= 4 is 17.0 Å². The van der Waals surface area contributed by atoms with Gasteiger partial charge in [-0.15, -0.1) is 0 Å². The lowest BCUT2D eigenvalue weighted by Gasteiger charge is -2.12. The third kappa shape index (κ3) is 3.17. The molecule has 2 N–H and O–H groups in total. The molecule has 1 saturated heterocycles. The van der Waals surface area contributed by atoms with Gasteiger partial charge in [-0.05, 0) is 24.1 Å². The molecule has 5 nitrogen and oxygen atoms in total. The number of halogens is 3. The van der Waals surface area contributed by atoms with Crippen LogP contribution in [0.3, 0.4) is 0 Å². The predicted molar refractivity (Wildman–Crippen MR) is 76.1 cm³/mol. The van der Waals surface area contributed by atoms with Crippen LogP contribution in [0.5, 0.6) is 0 Å². The van der Waals surface area contributed by atoms with E-state index in [1.54, 1.807) is 0 Å². The average molecular weight is 327 g/mol. The Morgan fingerprint density at radius 1 is 1.43 bits per heavy atom. The van der Waals surface area contributed by atoms with Crippen molar-refractivity contribution in [1.29, 1.82) is 0 Å². The summed E-state index contributed by atoms with van der Waals surface area (Å²) in [4.78, 5) is 17.4. The van der Waals surface area contributed by atoms with Gasteiger partial charge >= 0.3 is 6.18 Å². The molecule has 23 heavy (non-hydrogen) atoms. The summed E-state index contributed by atoms with van der Waals surface area (Å²) in [6, 6.07) is 3.22. The molecule has 1 aromatic carbocycles. The number of amides is 1. The minimum Gasteiger partial charge on any atom is -0.439 e. The maximum Gasteiger partial charge on any atom is 0.416 e. The zero-order valence-electron chi connectivity index (χ0n) is 12.4. The summed E-state index contributed by atoms with van der Waals surface area (Å²) < 4.78 is 43.6. The van der Waals surface area contributed by atoms with Gasteiger partial charge < -0.3 is 10.2 Å². The number of carbonyl (C=O) groups is 1. The van der Waals surface area contributed by atoms with E-state index >= 15 is 0 Å². The van der Waals surface area contributed by atoms with E-state index in [1.165, 1.54) is 6.07 Å². The Labute approximate surface area is 130 Å². The monoisotopic (exact) mass is 327 g/mol. The van der Waals surface area contributed by atoms with Gasteiger partial charge in [-0.1, -0.05) is 6.92 Å². The summed E-state index contributed by atoms with van der Waals surface area (Å²) in [7, 11) is 0.